The molecule has 0 heterocycles. The summed E-state index contributed by atoms with van der Waals surface area (Å²) in [4.78, 5) is 11.7. The van der Waals surface area contributed by atoms with Gasteiger partial charge in [0, 0.05) is 0 Å². The third kappa shape index (κ3) is 4.12. The van der Waals surface area contributed by atoms with Crippen LogP contribution in [0.3, 0.4) is 0 Å². The largest absolute Gasteiger partial charge is 0.467 e. The summed E-state index contributed by atoms with van der Waals surface area (Å²) >= 11 is 0. The molecule has 0 aliphatic heterocycles. The summed E-state index contributed by atoms with van der Waals surface area (Å²) in [6.45, 7) is 5.67. The highest BCUT2D eigenvalue weighted by Crippen LogP contribution is 2.24. The van der Waals surface area contributed by atoms with Crippen molar-refractivity contribution in [3.05, 3.63) is 23.5 Å². The van der Waals surface area contributed by atoms with E-state index in [-0.39, 0.29) is 17.5 Å². The van der Waals surface area contributed by atoms with Gasteiger partial charge in [0.15, 0.2) is 0 Å². The van der Waals surface area contributed by atoms with E-state index in [0.717, 1.165) is 0 Å². The molecule has 1 unspecified atom stereocenters. The molecule has 1 rings (SSSR count). The summed E-state index contributed by atoms with van der Waals surface area (Å²) in [5, 5.41) is 3.03. The minimum atomic E-state index is -0.489. The summed E-state index contributed by atoms with van der Waals surface area (Å²) in [6, 6.07) is 2.36. The van der Waals surface area contributed by atoms with Gasteiger partial charge in [-0.15, -0.1) is 0 Å². The quantitative estimate of drug-likeness (QED) is 0.636. The molecule has 1 atom stereocenters. The van der Waals surface area contributed by atoms with Crippen molar-refractivity contribution in [2.45, 2.75) is 33.2 Å². The molecule has 3 N–H and O–H groups in total. The van der Waals surface area contributed by atoms with Crippen LogP contribution in [0.25, 0.3) is 0 Å². The van der Waals surface area contributed by atoms with Gasteiger partial charge in [-0.2, -0.15) is 0 Å². The van der Waals surface area contributed by atoms with Crippen molar-refractivity contribution >= 4 is 17.3 Å². The first-order chi connectivity index (χ1) is 8.85. The maximum absolute atomic E-state index is 13.3. The molecule has 0 saturated heterocycles. The highest BCUT2D eigenvalue weighted by molar-refractivity contribution is 5.81. The third-order valence-corrected chi connectivity index (χ3v) is 2.85. The zero-order chi connectivity index (χ0) is 14.6. The average molecular weight is 268 g/mol. The average Bonchev–Trinajstić information content (AvgIpc) is 2.33. The highest BCUT2D eigenvalue weighted by atomic mass is 19.1. The number of aryl methyl sites for hydroxylation is 1. The molecule has 0 aliphatic rings. The summed E-state index contributed by atoms with van der Waals surface area (Å²) in [6.07, 6.45) is 0.614. The third-order valence-electron chi connectivity index (χ3n) is 2.85. The molecule has 1 aromatic rings. The minimum Gasteiger partial charge on any atom is -0.467 e. The standard InChI is InChI=1S/C14H21FN2O2/c1-8(2)5-13(14(18)19-4)17-12-6-9(3)10(15)7-11(12)16/h6-8,13,17H,5,16H2,1-4H3. The first-order valence-corrected chi connectivity index (χ1v) is 6.25. The van der Waals surface area contributed by atoms with Crippen LogP contribution >= 0.6 is 0 Å². The predicted molar refractivity (Wildman–Crippen MR) is 74.4 cm³/mol. The van der Waals surface area contributed by atoms with Gasteiger partial charge in [0.25, 0.3) is 0 Å². The number of hydrogen-bond donors (Lipinski definition) is 2. The van der Waals surface area contributed by atoms with Crippen LogP contribution in [-0.2, 0) is 9.53 Å². The SMILES string of the molecule is COC(=O)C(CC(C)C)Nc1cc(C)c(F)cc1N. The zero-order valence-corrected chi connectivity index (χ0v) is 11.8. The van der Waals surface area contributed by atoms with Crippen molar-refractivity contribution in [1.82, 2.24) is 0 Å². The Labute approximate surface area is 113 Å². The number of ether oxygens (including phenoxy) is 1. The fourth-order valence-corrected chi connectivity index (χ4v) is 1.84. The van der Waals surface area contributed by atoms with Gasteiger partial charge >= 0.3 is 5.97 Å². The van der Waals surface area contributed by atoms with Gasteiger partial charge in [-0.05, 0) is 37.0 Å². The Kier molecular flexibility index (Phi) is 5.15. The molecule has 106 valence electrons. The molecule has 0 bridgehead atoms. The Bertz CT molecular complexity index is 461. The number of anilines is 2. The first-order valence-electron chi connectivity index (χ1n) is 6.25. The fraction of sp³-hybridized carbons (Fsp3) is 0.500. The number of benzene rings is 1. The molecule has 0 spiro atoms. The number of nitrogens with two attached hydrogens (primary N) is 1. The number of nitrogen functional groups attached to an aromatic ring is 1. The zero-order valence-electron chi connectivity index (χ0n) is 11.8. The van der Waals surface area contributed by atoms with Gasteiger partial charge < -0.3 is 15.8 Å². The van der Waals surface area contributed by atoms with Crippen LogP contribution in [0, 0.1) is 18.7 Å². The number of methoxy groups -OCH3 is 1. The number of rotatable bonds is 5. The number of nitrogens with one attached hydrogen (secondary N) is 1. The number of halogens is 1. The molecule has 0 saturated carbocycles. The Balaban J connectivity index is 2.96. The van der Waals surface area contributed by atoms with Crippen LogP contribution in [0.15, 0.2) is 12.1 Å². The maximum Gasteiger partial charge on any atom is 0.328 e. The Hall–Kier alpha value is -1.78. The predicted octanol–water partition coefficient (Wildman–Crippen LogP) is 2.72. The van der Waals surface area contributed by atoms with E-state index in [1.54, 1.807) is 13.0 Å². The van der Waals surface area contributed by atoms with Crippen molar-refractivity contribution in [3.63, 3.8) is 0 Å². The van der Waals surface area contributed by atoms with Gasteiger partial charge in [0.05, 0.1) is 18.5 Å². The van der Waals surface area contributed by atoms with E-state index in [1.807, 2.05) is 13.8 Å². The van der Waals surface area contributed by atoms with E-state index in [9.17, 15) is 9.18 Å². The van der Waals surface area contributed by atoms with Crippen LogP contribution < -0.4 is 11.1 Å². The van der Waals surface area contributed by atoms with Crippen LogP contribution in [-0.4, -0.2) is 19.1 Å². The molecular formula is C14H21FN2O2. The van der Waals surface area contributed by atoms with Gasteiger partial charge in [-0.3, -0.25) is 0 Å². The van der Waals surface area contributed by atoms with E-state index in [4.69, 9.17) is 10.5 Å². The van der Waals surface area contributed by atoms with Crippen molar-refractivity contribution in [1.29, 1.82) is 0 Å². The molecule has 0 amide bonds. The molecule has 4 nitrogen and oxygen atoms in total. The number of hydrogen-bond acceptors (Lipinski definition) is 4. The van der Waals surface area contributed by atoms with Crippen LogP contribution in [0.4, 0.5) is 15.8 Å². The van der Waals surface area contributed by atoms with Crippen molar-refractivity contribution in [2.75, 3.05) is 18.2 Å². The smallest absolute Gasteiger partial charge is 0.328 e. The molecule has 19 heavy (non-hydrogen) atoms. The second kappa shape index (κ2) is 6.41. The summed E-state index contributed by atoms with van der Waals surface area (Å²) < 4.78 is 18.1. The Morgan fingerprint density at radius 1 is 1.47 bits per heavy atom. The van der Waals surface area contributed by atoms with Gasteiger partial charge in [0.1, 0.15) is 11.9 Å². The van der Waals surface area contributed by atoms with Crippen LogP contribution in [0.1, 0.15) is 25.8 Å². The van der Waals surface area contributed by atoms with Crippen molar-refractivity contribution < 1.29 is 13.9 Å². The fourth-order valence-electron chi connectivity index (χ4n) is 1.84. The number of carbonyl (C=O) groups excluding carboxylic acids is 1. The van der Waals surface area contributed by atoms with E-state index in [1.165, 1.54) is 13.2 Å². The topological polar surface area (TPSA) is 64.3 Å². The summed E-state index contributed by atoms with van der Waals surface area (Å²) in [5.74, 6) is -0.393. The number of carbonyl (C=O) groups is 1. The molecule has 1 aromatic carbocycles. The van der Waals surface area contributed by atoms with Crippen molar-refractivity contribution in [3.8, 4) is 0 Å². The monoisotopic (exact) mass is 268 g/mol. The molecule has 0 aromatic heterocycles. The second-order valence-corrected chi connectivity index (χ2v) is 5.04. The Morgan fingerprint density at radius 3 is 2.63 bits per heavy atom. The van der Waals surface area contributed by atoms with E-state index < -0.39 is 6.04 Å². The van der Waals surface area contributed by atoms with E-state index in [2.05, 4.69) is 5.32 Å². The maximum atomic E-state index is 13.3. The normalized spacial score (nSPS) is 12.3. The Morgan fingerprint density at radius 2 is 2.11 bits per heavy atom. The molecular weight excluding hydrogens is 247 g/mol. The van der Waals surface area contributed by atoms with Gasteiger partial charge in [0.2, 0.25) is 0 Å². The van der Waals surface area contributed by atoms with Crippen molar-refractivity contribution in [2.24, 2.45) is 5.92 Å². The molecule has 5 heteroatoms. The molecule has 0 fully saturated rings. The van der Waals surface area contributed by atoms with Gasteiger partial charge in [-0.1, -0.05) is 13.8 Å². The second-order valence-electron chi connectivity index (χ2n) is 5.04. The highest BCUT2D eigenvalue weighted by Gasteiger charge is 2.21. The van der Waals surface area contributed by atoms with E-state index in [0.29, 0.717) is 23.6 Å². The van der Waals surface area contributed by atoms with E-state index >= 15 is 0 Å². The lowest BCUT2D eigenvalue weighted by molar-refractivity contribution is -0.141. The number of esters is 1. The summed E-state index contributed by atoms with van der Waals surface area (Å²) in [5.41, 5.74) is 7.06. The molecule has 0 radical (unpaired) electrons. The minimum absolute atomic E-state index is 0.278. The van der Waals surface area contributed by atoms with Crippen LogP contribution in [0.5, 0.6) is 0 Å². The lowest BCUT2D eigenvalue weighted by Gasteiger charge is -2.20. The summed E-state index contributed by atoms with van der Waals surface area (Å²) in [7, 11) is 1.34. The lowest BCUT2D eigenvalue weighted by Crippen LogP contribution is -2.32. The first kappa shape index (κ1) is 15.3. The van der Waals surface area contributed by atoms with Gasteiger partial charge in [-0.25, -0.2) is 9.18 Å². The van der Waals surface area contributed by atoms with Crippen LogP contribution in [0.2, 0.25) is 0 Å². The lowest BCUT2D eigenvalue weighted by atomic mass is 10.0. The molecule has 0 aliphatic carbocycles.